The van der Waals surface area contributed by atoms with Crippen molar-refractivity contribution in [1.29, 1.82) is 0 Å². The van der Waals surface area contributed by atoms with Crippen LogP contribution in [0.2, 0.25) is 0 Å². The number of benzene rings is 1. The molecule has 2 amide bonds. The Balaban J connectivity index is 1.84. The minimum absolute atomic E-state index is 0.0351. The molecule has 2 rings (SSSR count). The van der Waals surface area contributed by atoms with E-state index in [1.807, 2.05) is 0 Å². The number of rotatable bonds is 3. The van der Waals surface area contributed by atoms with Gasteiger partial charge in [0.15, 0.2) is 0 Å². The van der Waals surface area contributed by atoms with E-state index in [0.29, 0.717) is 5.56 Å². The Morgan fingerprint density at radius 3 is 2.68 bits per heavy atom. The Kier molecular flexibility index (Phi) is 5.94. The van der Waals surface area contributed by atoms with E-state index in [-0.39, 0.29) is 11.8 Å². The van der Waals surface area contributed by atoms with E-state index in [9.17, 15) is 14.7 Å². The summed E-state index contributed by atoms with van der Waals surface area (Å²) in [6, 6.07) is 4.91. The molecule has 1 aromatic rings. The van der Waals surface area contributed by atoms with Gasteiger partial charge < -0.3 is 10.4 Å². The second-order valence-corrected chi connectivity index (χ2v) is 6.13. The van der Waals surface area contributed by atoms with Crippen LogP contribution in [0.5, 0.6) is 5.75 Å². The van der Waals surface area contributed by atoms with Crippen LogP contribution in [0, 0.1) is 0 Å². The van der Waals surface area contributed by atoms with Crippen molar-refractivity contribution in [2.75, 3.05) is 0 Å². The van der Waals surface area contributed by atoms with E-state index < -0.39 is 11.8 Å². The Morgan fingerprint density at radius 2 is 1.95 bits per heavy atom. The summed E-state index contributed by atoms with van der Waals surface area (Å²) in [6.07, 6.45) is 6.44. The lowest BCUT2D eigenvalue weighted by Gasteiger charge is -2.22. The largest absolute Gasteiger partial charge is 0.507 e. The zero-order valence-electron chi connectivity index (χ0n) is 12.0. The van der Waals surface area contributed by atoms with Gasteiger partial charge in [0.25, 0.3) is 0 Å². The fraction of sp³-hybridized carbons (Fsp3) is 0.400. The van der Waals surface area contributed by atoms with Crippen molar-refractivity contribution in [2.45, 2.75) is 38.1 Å². The molecule has 1 saturated carbocycles. The van der Waals surface area contributed by atoms with E-state index in [1.165, 1.54) is 18.7 Å². The topological polar surface area (TPSA) is 90.8 Å². The number of phenols is 1. The number of aromatic hydroxyl groups is 1. The Morgan fingerprint density at radius 1 is 1.23 bits per heavy atom. The lowest BCUT2D eigenvalue weighted by Crippen LogP contribution is -2.44. The third kappa shape index (κ3) is 4.84. The van der Waals surface area contributed by atoms with Crippen LogP contribution >= 0.6 is 15.9 Å². The van der Waals surface area contributed by atoms with Crippen LogP contribution in [0.4, 0.5) is 0 Å². The van der Waals surface area contributed by atoms with Gasteiger partial charge in [0.05, 0.1) is 6.21 Å². The smallest absolute Gasteiger partial charge is 0.329 e. The molecule has 118 valence electrons. The highest BCUT2D eigenvalue weighted by molar-refractivity contribution is 9.10. The maximum atomic E-state index is 11.7. The number of amides is 2. The Hall–Kier alpha value is -1.89. The van der Waals surface area contributed by atoms with Gasteiger partial charge >= 0.3 is 11.8 Å². The van der Waals surface area contributed by atoms with Crippen molar-refractivity contribution in [3.8, 4) is 5.75 Å². The summed E-state index contributed by atoms with van der Waals surface area (Å²) in [5.41, 5.74) is 2.59. The first-order valence-electron chi connectivity index (χ1n) is 7.18. The molecule has 0 saturated heterocycles. The standard InChI is InChI=1S/C15H18BrN3O3/c16-11-6-7-13(20)10(8-11)9-17-19-15(22)14(21)18-12-4-2-1-3-5-12/h6-9,12,20H,1-5H2,(H,18,21)(H,19,22)/b17-9+. The molecule has 0 atom stereocenters. The zero-order chi connectivity index (χ0) is 15.9. The average Bonchev–Trinajstić information content (AvgIpc) is 2.51. The van der Waals surface area contributed by atoms with Gasteiger partial charge in [-0.1, -0.05) is 35.2 Å². The summed E-state index contributed by atoms with van der Waals surface area (Å²) in [6.45, 7) is 0. The van der Waals surface area contributed by atoms with Crippen LogP contribution < -0.4 is 10.7 Å². The molecule has 0 aliphatic heterocycles. The van der Waals surface area contributed by atoms with Crippen LogP contribution in [-0.4, -0.2) is 29.2 Å². The van der Waals surface area contributed by atoms with Crippen molar-refractivity contribution in [3.05, 3.63) is 28.2 Å². The Bertz CT molecular complexity index is 583. The number of nitrogens with zero attached hydrogens (tertiary/aromatic N) is 1. The van der Waals surface area contributed by atoms with Crippen molar-refractivity contribution in [1.82, 2.24) is 10.7 Å². The van der Waals surface area contributed by atoms with Gasteiger partial charge in [0.2, 0.25) is 0 Å². The molecule has 0 unspecified atom stereocenters. The molecule has 1 aliphatic carbocycles. The van der Waals surface area contributed by atoms with Crippen molar-refractivity contribution in [2.24, 2.45) is 5.10 Å². The summed E-state index contributed by atoms with van der Waals surface area (Å²) >= 11 is 3.27. The maximum Gasteiger partial charge on any atom is 0.329 e. The summed E-state index contributed by atoms with van der Waals surface area (Å²) in [7, 11) is 0. The molecule has 0 radical (unpaired) electrons. The predicted octanol–water partition coefficient (Wildman–Crippen LogP) is 2.05. The third-order valence-corrected chi connectivity index (χ3v) is 4.00. The highest BCUT2D eigenvalue weighted by atomic mass is 79.9. The maximum absolute atomic E-state index is 11.7. The summed E-state index contributed by atoms with van der Waals surface area (Å²) < 4.78 is 0.771. The van der Waals surface area contributed by atoms with Gasteiger partial charge in [-0.3, -0.25) is 9.59 Å². The number of hydrazone groups is 1. The summed E-state index contributed by atoms with van der Waals surface area (Å²) in [4.78, 5) is 23.4. The molecule has 1 aliphatic rings. The molecule has 1 aromatic carbocycles. The molecule has 7 heteroatoms. The predicted molar refractivity (Wildman–Crippen MR) is 86.6 cm³/mol. The first-order chi connectivity index (χ1) is 10.6. The van der Waals surface area contributed by atoms with E-state index in [4.69, 9.17) is 0 Å². The van der Waals surface area contributed by atoms with E-state index in [1.54, 1.807) is 12.1 Å². The van der Waals surface area contributed by atoms with Crippen molar-refractivity contribution < 1.29 is 14.7 Å². The second kappa shape index (κ2) is 7.93. The van der Waals surface area contributed by atoms with Crippen molar-refractivity contribution >= 4 is 34.0 Å². The third-order valence-electron chi connectivity index (χ3n) is 3.51. The van der Waals surface area contributed by atoms with Crippen LogP contribution in [-0.2, 0) is 9.59 Å². The van der Waals surface area contributed by atoms with Gasteiger partial charge in [-0.25, -0.2) is 5.43 Å². The molecular weight excluding hydrogens is 350 g/mol. The SMILES string of the molecule is O=C(N/N=C/c1cc(Br)ccc1O)C(=O)NC1CCCCC1. The second-order valence-electron chi connectivity index (χ2n) is 5.21. The fourth-order valence-corrected chi connectivity index (χ4v) is 2.72. The first kappa shape index (κ1) is 16.5. The molecular formula is C15H18BrN3O3. The van der Waals surface area contributed by atoms with Gasteiger partial charge in [-0.05, 0) is 31.0 Å². The van der Waals surface area contributed by atoms with E-state index in [0.717, 1.165) is 30.2 Å². The molecule has 6 nitrogen and oxygen atoms in total. The number of hydrogen-bond donors (Lipinski definition) is 3. The van der Waals surface area contributed by atoms with Gasteiger partial charge in [-0.15, -0.1) is 0 Å². The minimum Gasteiger partial charge on any atom is -0.507 e. The quantitative estimate of drug-likeness (QED) is 0.433. The van der Waals surface area contributed by atoms with Crippen LogP contribution in [0.15, 0.2) is 27.8 Å². The van der Waals surface area contributed by atoms with Gasteiger partial charge in [0, 0.05) is 16.1 Å². The van der Waals surface area contributed by atoms with Crippen LogP contribution in [0.1, 0.15) is 37.7 Å². The fourth-order valence-electron chi connectivity index (χ4n) is 2.34. The number of carbonyl (C=O) groups excluding carboxylic acids is 2. The number of nitrogens with one attached hydrogen (secondary N) is 2. The zero-order valence-corrected chi connectivity index (χ0v) is 13.6. The summed E-state index contributed by atoms with van der Waals surface area (Å²) in [5.74, 6) is -1.45. The number of hydrogen-bond acceptors (Lipinski definition) is 4. The van der Waals surface area contributed by atoms with Crippen molar-refractivity contribution in [3.63, 3.8) is 0 Å². The normalized spacial score (nSPS) is 15.7. The minimum atomic E-state index is -0.809. The first-order valence-corrected chi connectivity index (χ1v) is 7.98. The molecule has 1 fully saturated rings. The van der Waals surface area contributed by atoms with Gasteiger partial charge in [0.1, 0.15) is 5.75 Å². The molecule has 0 heterocycles. The highest BCUT2D eigenvalue weighted by Crippen LogP contribution is 2.20. The number of carbonyl (C=O) groups is 2. The van der Waals surface area contributed by atoms with E-state index in [2.05, 4.69) is 31.8 Å². The van der Waals surface area contributed by atoms with E-state index >= 15 is 0 Å². The lowest BCUT2D eigenvalue weighted by atomic mass is 9.95. The molecule has 22 heavy (non-hydrogen) atoms. The Labute approximate surface area is 137 Å². The van der Waals surface area contributed by atoms with Crippen LogP contribution in [0.3, 0.4) is 0 Å². The van der Waals surface area contributed by atoms with Crippen LogP contribution in [0.25, 0.3) is 0 Å². The average molecular weight is 368 g/mol. The molecule has 0 bridgehead atoms. The monoisotopic (exact) mass is 367 g/mol. The molecule has 3 N–H and O–H groups in total. The summed E-state index contributed by atoms with van der Waals surface area (Å²) in [5, 5.41) is 16.0. The molecule has 0 aromatic heterocycles. The molecule has 0 spiro atoms. The lowest BCUT2D eigenvalue weighted by molar-refractivity contribution is -0.139. The number of halogens is 1. The highest BCUT2D eigenvalue weighted by Gasteiger charge is 2.19. The van der Waals surface area contributed by atoms with Gasteiger partial charge in [-0.2, -0.15) is 5.10 Å². The number of phenolic OH excluding ortho intramolecular Hbond substituents is 1.